The maximum absolute atomic E-state index is 12.8. The average Bonchev–Trinajstić information content (AvgIpc) is 1.82. The zero-order valence-electron chi connectivity index (χ0n) is 7.47. The molecule has 0 aliphatic carbocycles. The van der Waals surface area contributed by atoms with Crippen LogP contribution in [0.3, 0.4) is 0 Å². The lowest BCUT2D eigenvalue weighted by Crippen LogP contribution is -2.28. The van der Waals surface area contributed by atoms with E-state index in [1.54, 1.807) is 19.9 Å². The van der Waals surface area contributed by atoms with Gasteiger partial charge in [0.25, 0.3) is 0 Å². The molecule has 0 bridgehead atoms. The lowest BCUT2D eigenvalue weighted by Gasteiger charge is -2.19. The van der Waals surface area contributed by atoms with Crippen molar-refractivity contribution in [1.29, 1.82) is 0 Å². The molecule has 0 aromatic heterocycles. The maximum Gasteiger partial charge on any atom is 0.125 e. The molecule has 2 N–H and O–H groups in total. The van der Waals surface area contributed by atoms with Crippen LogP contribution in [0.4, 0.5) is 4.39 Å². The average molecular weight is 224 g/mol. The van der Waals surface area contributed by atoms with Crippen molar-refractivity contribution in [3.8, 4) is 0 Å². The molecule has 0 unspecified atom stereocenters. The number of halogens is 3. The third-order valence-corrected chi connectivity index (χ3v) is 1.82. The number of benzene rings is 1. The van der Waals surface area contributed by atoms with E-state index in [9.17, 15) is 4.39 Å². The smallest absolute Gasteiger partial charge is 0.125 e. The predicted molar refractivity (Wildman–Crippen MR) is 55.9 cm³/mol. The topological polar surface area (TPSA) is 26.0 Å². The summed E-state index contributed by atoms with van der Waals surface area (Å²) in [6.07, 6.45) is 0. The highest BCUT2D eigenvalue weighted by Crippen LogP contribution is 2.22. The Labute approximate surface area is 88.5 Å². The predicted octanol–water partition coefficient (Wildman–Crippen LogP) is 3.09. The molecule has 0 aliphatic heterocycles. The molecule has 0 spiro atoms. The SMILES string of the molecule is CC(C)(N)c1cc(F)cc(Cl)c1.Cl. The van der Waals surface area contributed by atoms with Gasteiger partial charge in [-0.3, -0.25) is 0 Å². The van der Waals surface area contributed by atoms with Crippen molar-refractivity contribution in [2.45, 2.75) is 19.4 Å². The van der Waals surface area contributed by atoms with Gasteiger partial charge in [0, 0.05) is 10.6 Å². The van der Waals surface area contributed by atoms with Crippen LogP contribution in [0.25, 0.3) is 0 Å². The Morgan fingerprint density at radius 1 is 1.31 bits per heavy atom. The molecule has 74 valence electrons. The minimum atomic E-state index is -0.550. The van der Waals surface area contributed by atoms with Crippen LogP contribution in [0.2, 0.25) is 5.02 Å². The van der Waals surface area contributed by atoms with E-state index in [1.165, 1.54) is 12.1 Å². The van der Waals surface area contributed by atoms with Gasteiger partial charge in [-0.2, -0.15) is 0 Å². The quantitative estimate of drug-likeness (QED) is 0.779. The van der Waals surface area contributed by atoms with E-state index in [-0.39, 0.29) is 18.2 Å². The van der Waals surface area contributed by atoms with Crippen LogP contribution in [0.15, 0.2) is 18.2 Å². The molecule has 0 atom stereocenters. The molecular formula is C9H12Cl2FN. The second-order valence-electron chi connectivity index (χ2n) is 3.38. The lowest BCUT2D eigenvalue weighted by atomic mass is 9.96. The third-order valence-electron chi connectivity index (χ3n) is 1.61. The summed E-state index contributed by atoms with van der Waals surface area (Å²) in [5, 5.41) is 0.378. The summed E-state index contributed by atoms with van der Waals surface area (Å²) < 4.78 is 12.8. The zero-order valence-corrected chi connectivity index (χ0v) is 9.05. The third kappa shape index (κ3) is 3.51. The van der Waals surface area contributed by atoms with E-state index >= 15 is 0 Å². The molecule has 0 aliphatic rings. The number of rotatable bonds is 1. The normalized spacial score (nSPS) is 10.8. The first-order chi connectivity index (χ1) is 5.39. The van der Waals surface area contributed by atoms with Crippen molar-refractivity contribution in [2.75, 3.05) is 0 Å². The van der Waals surface area contributed by atoms with Gasteiger partial charge in [-0.15, -0.1) is 12.4 Å². The monoisotopic (exact) mass is 223 g/mol. The van der Waals surface area contributed by atoms with Crippen molar-refractivity contribution in [2.24, 2.45) is 5.73 Å². The van der Waals surface area contributed by atoms with Crippen molar-refractivity contribution in [1.82, 2.24) is 0 Å². The molecule has 0 heterocycles. The van der Waals surface area contributed by atoms with Crippen LogP contribution in [-0.4, -0.2) is 0 Å². The van der Waals surface area contributed by atoms with Crippen molar-refractivity contribution in [3.63, 3.8) is 0 Å². The number of hydrogen-bond donors (Lipinski definition) is 1. The molecule has 0 saturated carbocycles. The Morgan fingerprint density at radius 2 is 1.85 bits per heavy atom. The summed E-state index contributed by atoms with van der Waals surface area (Å²) in [4.78, 5) is 0. The minimum absolute atomic E-state index is 0. The van der Waals surface area contributed by atoms with Crippen molar-refractivity contribution < 1.29 is 4.39 Å². The first kappa shape index (κ1) is 12.7. The van der Waals surface area contributed by atoms with Crippen LogP contribution in [0.5, 0.6) is 0 Å². The highest BCUT2D eigenvalue weighted by Gasteiger charge is 2.15. The molecule has 0 amide bonds. The number of nitrogens with two attached hydrogens (primary N) is 1. The Hall–Kier alpha value is -0.310. The summed E-state index contributed by atoms with van der Waals surface area (Å²) in [7, 11) is 0. The van der Waals surface area contributed by atoms with E-state index in [1.807, 2.05) is 0 Å². The van der Waals surface area contributed by atoms with Crippen molar-refractivity contribution >= 4 is 24.0 Å². The summed E-state index contributed by atoms with van der Waals surface area (Å²) in [6, 6.07) is 4.33. The molecular weight excluding hydrogens is 212 g/mol. The standard InChI is InChI=1S/C9H11ClFN.ClH/c1-9(2,12)6-3-7(10)5-8(11)4-6;/h3-5H,12H2,1-2H3;1H. The van der Waals surface area contributed by atoms with E-state index in [4.69, 9.17) is 17.3 Å². The van der Waals surface area contributed by atoms with E-state index in [0.29, 0.717) is 10.6 Å². The molecule has 0 fully saturated rings. The van der Waals surface area contributed by atoms with Gasteiger partial charge in [0.05, 0.1) is 0 Å². The first-order valence-electron chi connectivity index (χ1n) is 3.65. The van der Waals surface area contributed by atoms with Gasteiger partial charge in [0.15, 0.2) is 0 Å². The summed E-state index contributed by atoms with van der Waals surface area (Å²) >= 11 is 5.66. The zero-order chi connectivity index (χ0) is 9.35. The summed E-state index contributed by atoms with van der Waals surface area (Å²) in [5.74, 6) is -0.351. The second-order valence-corrected chi connectivity index (χ2v) is 3.82. The molecule has 13 heavy (non-hydrogen) atoms. The molecule has 1 nitrogen and oxygen atoms in total. The van der Waals surface area contributed by atoms with Gasteiger partial charge in [-0.05, 0) is 37.6 Å². The van der Waals surface area contributed by atoms with E-state index in [2.05, 4.69) is 0 Å². The fraction of sp³-hybridized carbons (Fsp3) is 0.333. The minimum Gasteiger partial charge on any atom is -0.322 e. The fourth-order valence-corrected chi connectivity index (χ4v) is 1.15. The summed E-state index contributed by atoms with van der Waals surface area (Å²) in [6.45, 7) is 3.61. The molecule has 0 radical (unpaired) electrons. The van der Waals surface area contributed by atoms with Crippen LogP contribution in [0.1, 0.15) is 19.4 Å². The Kier molecular flexibility index (Phi) is 4.17. The van der Waals surface area contributed by atoms with Crippen LogP contribution >= 0.6 is 24.0 Å². The van der Waals surface area contributed by atoms with E-state index in [0.717, 1.165) is 0 Å². The Bertz CT molecular complexity index is 274. The van der Waals surface area contributed by atoms with Crippen LogP contribution in [-0.2, 0) is 5.54 Å². The van der Waals surface area contributed by atoms with Crippen LogP contribution < -0.4 is 5.73 Å². The fourth-order valence-electron chi connectivity index (χ4n) is 0.926. The van der Waals surface area contributed by atoms with E-state index < -0.39 is 5.54 Å². The lowest BCUT2D eigenvalue weighted by molar-refractivity contribution is 0.544. The molecule has 4 heteroatoms. The van der Waals surface area contributed by atoms with Gasteiger partial charge >= 0.3 is 0 Å². The van der Waals surface area contributed by atoms with Crippen LogP contribution in [0, 0.1) is 5.82 Å². The van der Waals surface area contributed by atoms with Gasteiger partial charge in [-0.25, -0.2) is 4.39 Å². The highest BCUT2D eigenvalue weighted by atomic mass is 35.5. The highest BCUT2D eigenvalue weighted by molar-refractivity contribution is 6.30. The maximum atomic E-state index is 12.8. The summed E-state index contributed by atoms with van der Waals surface area (Å²) in [5.41, 5.74) is 5.92. The molecule has 1 rings (SSSR count). The van der Waals surface area contributed by atoms with Gasteiger partial charge in [0.2, 0.25) is 0 Å². The van der Waals surface area contributed by atoms with Gasteiger partial charge in [0.1, 0.15) is 5.82 Å². The van der Waals surface area contributed by atoms with Gasteiger partial charge in [-0.1, -0.05) is 11.6 Å². The Balaban J connectivity index is 0.00000144. The molecule has 0 saturated heterocycles. The second kappa shape index (κ2) is 4.27. The molecule has 1 aromatic carbocycles. The first-order valence-corrected chi connectivity index (χ1v) is 4.03. The number of hydrogen-bond acceptors (Lipinski definition) is 1. The van der Waals surface area contributed by atoms with Gasteiger partial charge < -0.3 is 5.73 Å². The largest absolute Gasteiger partial charge is 0.322 e. The molecule has 1 aromatic rings. The van der Waals surface area contributed by atoms with Crippen molar-refractivity contribution in [3.05, 3.63) is 34.6 Å². The Morgan fingerprint density at radius 3 is 2.23 bits per heavy atom.